The van der Waals surface area contributed by atoms with Gasteiger partial charge in [-0.15, -0.1) is 0 Å². The van der Waals surface area contributed by atoms with E-state index in [0.29, 0.717) is 11.3 Å². The van der Waals surface area contributed by atoms with Crippen molar-refractivity contribution in [3.05, 3.63) is 47.8 Å². The van der Waals surface area contributed by atoms with Crippen molar-refractivity contribution in [2.75, 3.05) is 40.0 Å². The number of ether oxygens (including phenoxy) is 3. The number of hydrogen-bond donors (Lipinski definition) is 1. The summed E-state index contributed by atoms with van der Waals surface area (Å²) in [5, 5.41) is 2.33. The zero-order chi connectivity index (χ0) is 26.3. The van der Waals surface area contributed by atoms with Crippen molar-refractivity contribution in [3.8, 4) is 16.9 Å². The van der Waals surface area contributed by atoms with E-state index in [1.165, 1.54) is 19.2 Å². The Morgan fingerprint density at radius 2 is 1.74 bits per heavy atom. The van der Waals surface area contributed by atoms with E-state index in [2.05, 4.69) is 10.1 Å². The quantitative estimate of drug-likeness (QED) is 0.256. The highest BCUT2D eigenvalue weighted by atomic mass is 19.4. The fraction of sp³-hybridized carbons (Fsp3) is 0.480. The molecule has 10 heteroatoms. The van der Waals surface area contributed by atoms with Gasteiger partial charge in [0.1, 0.15) is 23.7 Å². The zero-order valence-electron chi connectivity index (χ0n) is 20.7. The van der Waals surface area contributed by atoms with Crippen molar-refractivity contribution >= 4 is 11.7 Å². The van der Waals surface area contributed by atoms with Crippen LogP contribution in [0.4, 0.5) is 23.2 Å². The number of alkyl halides is 3. The van der Waals surface area contributed by atoms with Gasteiger partial charge in [0, 0.05) is 38.0 Å². The molecule has 6 nitrogen and oxygen atoms in total. The lowest BCUT2D eigenvalue weighted by molar-refractivity contribution is -0.164. The molecule has 0 spiro atoms. The highest BCUT2D eigenvalue weighted by Gasteiger charge is 2.43. The van der Waals surface area contributed by atoms with Gasteiger partial charge in [-0.25, -0.2) is 4.39 Å². The Kier molecular flexibility index (Phi) is 9.91. The third-order valence-corrected chi connectivity index (χ3v) is 5.32. The van der Waals surface area contributed by atoms with Crippen LogP contribution in [0.25, 0.3) is 11.1 Å². The second-order valence-corrected chi connectivity index (χ2v) is 8.71. The van der Waals surface area contributed by atoms with E-state index in [4.69, 9.17) is 9.47 Å². The molecule has 0 aliphatic rings. The normalized spacial score (nSPS) is 13.5. The number of nitrogens with zero attached hydrogens (tertiary/aromatic N) is 1. The predicted molar refractivity (Wildman–Crippen MR) is 126 cm³/mol. The molecule has 2 atom stereocenters. The Morgan fingerprint density at radius 3 is 2.26 bits per heavy atom. The number of nitrogens with one attached hydrogen (secondary N) is 1. The molecule has 0 aromatic heterocycles. The summed E-state index contributed by atoms with van der Waals surface area (Å²) in [5.74, 6) is -1.44. The molecule has 0 aliphatic carbocycles. The Hall–Kier alpha value is -2.85. The molecule has 1 unspecified atom stereocenters. The summed E-state index contributed by atoms with van der Waals surface area (Å²) in [5.41, 5.74) is 0.814. The number of carbonyl (C=O) groups excluding carboxylic acids is 1. The van der Waals surface area contributed by atoms with Crippen LogP contribution in [-0.4, -0.2) is 53.3 Å². The summed E-state index contributed by atoms with van der Waals surface area (Å²) in [6.07, 6.45) is -4.66. The number of rotatable bonds is 11. The van der Waals surface area contributed by atoms with Crippen LogP contribution in [0, 0.1) is 11.7 Å². The molecule has 2 aromatic carbocycles. The molecule has 0 saturated carbocycles. The molecule has 0 aliphatic heterocycles. The van der Waals surface area contributed by atoms with Crippen molar-refractivity contribution < 1.29 is 36.6 Å². The minimum absolute atomic E-state index is 0.0659. The minimum atomic E-state index is -4.78. The molecular weight excluding hydrogens is 468 g/mol. The average molecular weight is 501 g/mol. The van der Waals surface area contributed by atoms with Crippen LogP contribution in [-0.2, 0) is 14.3 Å². The molecule has 0 bridgehead atoms. The van der Waals surface area contributed by atoms with Gasteiger partial charge < -0.3 is 19.1 Å². The molecule has 0 fully saturated rings. The Morgan fingerprint density at radius 1 is 1.06 bits per heavy atom. The number of halogens is 4. The van der Waals surface area contributed by atoms with Crippen molar-refractivity contribution in [1.82, 2.24) is 5.32 Å². The average Bonchev–Trinajstić information content (AvgIpc) is 2.78. The third kappa shape index (κ3) is 7.57. The molecule has 2 rings (SSSR count). The summed E-state index contributed by atoms with van der Waals surface area (Å²) in [6, 6.07) is 4.90. The number of esters is 1. The molecular formula is C25H32F4N2O4. The van der Waals surface area contributed by atoms with Gasteiger partial charge in [-0.05, 0) is 42.2 Å². The van der Waals surface area contributed by atoms with Gasteiger partial charge >= 0.3 is 12.1 Å². The molecule has 194 valence electrons. The van der Waals surface area contributed by atoms with E-state index in [1.54, 1.807) is 36.9 Å². The number of hydrogen-bond acceptors (Lipinski definition) is 6. The maximum Gasteiger partial charge on any atom is 0.407 e. The van der Waals surface area contributed by atoms with E-state index in [9.17, 15) is 18.0 Å². The fourth-order valence-electron chi connectivity index (χ4n) is 3.61. The largest absolute Gasteiger partial charge is 0.468 e. The van der Waals surface area contributed by atoms with Crippen LogP contribution in [0.5, 0.6) is 5.75 Å². The van der Waals surface area contributed by atoms with Crippen LogP contribution in [0.15, 0.2) is 36.4 Å². The Balaban J connectivity index is 2.51. The summed E-state index contributed by atoms with van der Waals surface area (Å²) in [6.45, 7) is 3.47. The first-order valence-electron chi connectivity index (χ1n) is 11.0. The van der Waals surface area contributed by atoms with E-state index in [-0.39, 0.29) is 30.3 Å². The van der Waals surface area contributed by atoms with Crippen LogP contribution < -0.4 is 15.0 Å². The lowest BCUT2D eigenvalue weighted by Crippen LogP contribution is -2.45. The Labute approximate surface area is 203 Å². The molecule has 0 radical (unpaired) electrons. The minimum Gasteiger partial charge on any atom is -0.468 e. The molecule has 1 N–H and O–H groups in total. The number of carbonyl (C=O) groups is 1. The number of benzene rings is 2. The second kappa shape index (κ2) is 12.2. The van der Waals surface area contributed by atoms with Crippen molar-refractivity contribution in [2.24, 2.45) is 5.92 Å². The van der Waals surface area contributed by atoms with Gasteiger partial charge in [-0.1, -0.05) is 26.0 Å². The topological polar surface area (TPSA) is 60.0 Å². The van der Waals surface area contributed by atoms with Gasteiger partial charge in [0.05, 0.1) is 7.11 Å². The first-order chi connectivity index (χ1) is 16.4. The van der Waals surface area contributed by atoms with Crippen LogP contribution in [0.3, 0.4) is 0 Å². The first-order valence-corrected chi connectivity index (χ1v) is 11.0. The summed E-state index contributed by atoms with van der Waals surface area (Å²) in [4.78, 5) is 13.9. The summed E-state index contributed by atoms with van der Waals surface area (Å²) >= 11 is 0. The smallest absolute Gasteiger partial charge is 0.407 e. The highest BCUT2D eigenvalue weighted by Crippen LogP contribution is 2.39. The summed E-state index contributed by atoms with van der Waals surface area (Å²) < 4.78 is 72.4. The van der Waals surface area contributed by atoms with Gasteiger partial charge in [0.25, 0.3) is 0 Å². The van der Waals surface area contributed by atoms with Crippen molar-refractivity contribution in [2.45, 2.75) is 38.5 Å². The molecule has 0 saturated heterocycles. The fourth-order valence-corrected chi connectivity index (χ4v) is 3.61. The number of methoxy groups -OCH3 is 2. The maximum absolute atomic E-state index is 15.3. The Bertz CT molecular complexity index is 996. The molecule has 2 aromatic rings. The second-order valence-electron chi connectivity index (χ2n) is 8.71. The standard InChI is InChI=1S/C25H32F4N2O4/c1-15(2)11-21(24(32)34-6)30-23(25(27,28)29)16-7-9-18(20(26)12-16)19-13-17(31(3)4)8-10-22(19)35-14-33-5/h7-10,12-13,15,21,23,30H,11,14H2,1-6H3/t21-,23?/m0/s1. The van der Waals surface area contributed by atoms with E-state index < -0.39 is 30.0 Å². The van der Waals surface area contributed by atoms with Crippen LogP contribution in [0.1, 0.15) is 31.9 Å². The summed E-state index contributed by atoms with van der Waals surface area (Å²) in [7, 11) is 6.17. The van der Waals surface area contributed by atoms with Crippen LogP contribution in [0.2, 0.25) is 0 Å². The first kappa shape index (κ1) is 28.4. The lowest BCUT2D eigenvalue weighted by Gasteiger charge is -2.27. The number of anilines is 1. The lowest BCUT2D eigenvalue weighted by atomic mass is 9.97. The molecule has 35 heavy (non-hydrogen) atoms. The molecule has 0 heterocycles. The van der Waals surface area contributed by atoms with E-state index in [1.807, 2.05) is 14.1 Å². The van der Waals surface area contributed by atoms with E-state index in [0.717, 1.165) is 18.9 Å². The zero-order valence-corrected chi connectivity index (χ0v) is 20.7. The van der Waals surface area contributed by atoms with Crippen molar-refractivity contribution in [3.63, 3.8) is 0 Å². The predicted octanol–water partition coefficient (Wildman–Crippen LogP) is 5.32. The van der Waals surface area contributed by atoms with Gasteiger partial charge in [-0.3, -0.25) is 10.1 Å². The van der Waals surface area contributed by atoms with E-state index >= 15 is 4.39 Å². The third-order valence-electron chi connectivity index (χ3n) is 5.32. The maximum atomic E-state index is 15.3. The van der Waals surface area contributed by atoms with Crippen molar-refractivity contribution in [1.29, 1.82) is 0 Å². The molecule has 0 amide bonds. The monoisotopic (exact) mass is 500 g/mol. The SMILES string of the molecule is COCOc1ccc(N(C)C)cc1-c1ccc(C(N[C@@H](CC(C)C)C(=O)OC)C(F)(F)F)cc1F. The highest BCUT2D eigenvalue weighted by molar-refractivity contribution is 5.76. The van der Waals surface area contributed by atoms with Gasteiger partial charge in [-0.2, -0.15) is 13.2 Å². The van der Waals surface area contributed by atoms with Gasteiger partial charge in [0.15, 0.2) is 6.79 Å². The van der Waals surface area contributed by atoms with Gasteiger partial charge in [0.2, 0.25) is 0 Å². The van der Waals surface area contributed by atoms with Crippen LogP contribution >= 0.6 is 0 Å².